The molecular weight excluding hydrogens is 350 g/mol. The molecule has 0 aliphatic heterocycles. The molecule has 1 nitrogen and oxygen atoms in total. The molecule has 0 rings (SSSR count). The van der Waals surface area contributed by atoms with Gasteiger partial charge < -0.3 is 5.32 Å². The zero-order chi connectivity index (χ0) is 21.4. The van der Waals surface area contributed by atoms with Crippen molar-refractivity contribution in [2.45, 2.75) is 149 Å². The normalized spacial score (nSPS) is 12.4. The first-order chi connectivity index (χ1) is 14.3. The van der Waals surface area contributed by atoms with E-state index in [1.807, 2.05) is 0 Å². The number of nitrogens with one attached hydrogen (secondary N) is 1. The average molecular weight is 408 g/mol. The van der Waals surface area contributed by atoms with Crippen molar-refractivity contribution in [3.05, 3.63) is 12.2 Å². The SMILES string of the molecule is C=C(CCCCCCCCCCNCCCCC)C(CCCC)CCCCCC. The third-order valence-corrected chi connectivity index (χ3v) is 6.45. The van der Waals surface area contributed by atoms with Gasteiger partial charge >= 0.3 is 0 Å². The minimum absolute atomic E-state index is 0.808. The van der Waals surface area contributed by atoms with E-state index in [4.69, 9.17) is 0 Å². The number of allylic oxidation sites excluding steroid dienone is 1. The Morgan fingerprint density at radius 1 is 0.552 bits per heavy atom. The van der Waals surface area contributed by atoms with Crippen LogP contribution in [0.2, 0.25) is 0 Å². The van der Waals surface area contributed by atoms with Crippen molar-refractivity contribution in [2.75, 3.05) is 13.1 Å². The van der Waals surface area contributed by atoms with Crippen LogP contribution in [0.1, 0.15) is 149 Å². The standard InChI is InChI=1S/C28H57N/c1-5-8-11-19-24-28(23-10-7-3)27(4)22-18-16-14-12-13-15-17-21-26-29-25-20-9-6-2/h28-29H,4-26H2,1-3H3. The Morgan fingerprint density at radius 2 is 1.00 bits per heavy atom. The van der Waals surface area contributed by atoms with Gasteiger partial charge in [0, 0.05) is 0 Å². The Balaban J connectivity index is 3.54. The summed E-state index contributed by atoms with van der Waals surface area (Å²) in [6.07, 6.45) is 27.7. The van der Waals surface area contributed by atoms with Gasteiger partial charge in [0.2, 0.25) is 0 Å². The lowest BCUT2D eigenvalue weighted by Gasteiger charge is -2.19. The quantitative estimate of drug-likeness (QED) is 0.124. The highest BCUT2D eigenvalue weighted by atomic mass is 14.8. The molecule has 0 bridgehead atoms. The Hall–Kier alpha value is -0.300. The first kappa shape index (κ1) is 28.7. The molecule has 0 spiro atoms. The second kappa shape index (κ2) is 24.0. The summed E-state index contributed by atoms with van der Waals surface area (Å²) in [5, 5.41) is 3.58. The maximum atomic E-state index is 4.50. The minimum Gasteiger partial charge on any atom is -0.317 e. The molecule has 1 atom stereocenters. The molecule has 0 aromatic rings. The lowest BCUT2D eigenvalue weighted by atomic mass is 9.86. The van der Waals surface area contributed by atoms with E-state index in [1.54, 1.807) is 5.57 Å². The summed E-state index contributed by atoms with van der Waals surface area (Å²) in [5.74, 6) is 0.808. The van der Waals surface area contributed by atoms with Crippen LogP contribution in [-0.4, -0.2) is 13.1 Å². The molecule has 0 heterocycles. The fraction of sp³-hybridized carbons (Fsp3) is 0.929. The van der Waals surface area contributed by atoms with Gasteiger partial charge in [0.15, 0.2) is 0 Å². The van der Waals surface area contributed by atoms with E-state index < -0.39 is 0 Å². The monoisotopic (exact) mass is 407 g/mol. The van der Waals surface area contributed by atoms with Crippen molar-refractivity contribution in [1.29, 1.82) is 0 Å². The average Bonchev–Trinajstić information content (AvgIpc) is 2.73. The van der Waals surface area contributed by atoms with Gasteiger partial charge in [0.25, 0.3) is 0 Å². The molecule has 1 N–H and O–H groups in total. The van der Waals surface area contributed by atoms with Gasteiger partial charge in [-0.1, -0.05) is 123 Å². The second-order valence-electron chi connectivity index (χ2n) is 9.38. The highest BCUT2D eigenvalue weighted by Crippen LogP contribution is 2.27. The van der Waals surface area contributed by atoms with Crippen molar-refractivity contribution >= 4 is 0 Å². The van der Waals surface area contributed by atoms with Crippen molar-refractivity contribution in [3.63, 3.8) is 0 Å². The molecular formula is C28H57N. The maximum Gasteiger partial charge on any atom is -0.00489 e. The van der Waals surface area contributed by atoms with E-state index >= 15 is 0 Å². The fourth-order valence-corrected chi connectivity index (χ4v) is 4.31. The molecule has 0 saturated heterocycles. The minimum atomic E-state index is 0.808. The highest BCUT2D eigenvalue weighted by Gasteiger charge is 2.11. The van der Waals surface area contributed by atoms with Gasteiger partial charge in [-0.3, -0.25) is 0 Å². The third-order valence-electron chi connectivity index (χ3n) is 6.45. The maximum absolute atomic E-state index is 4.50. The lowest BCUT2D eigenvalue weighted by molar-refractivity contribution is 0.448. The summed E-state index contributed by atoms with van der Waals surface area (Å²) >= 11 is 0. The predicted molar refractivity (Wildman–Crippen MR) is 135 cm³/mol. The highest BCUT2D eigenvalue weighted by molar-refractivity contribution is 5.00. The van der Waals surface area contributed by atoms with Crippen molar-refractivity contribution in [1.82, 2.24) is 5.32 Å². The molecule has 0 radical (unpaired) electrons. The summed E-state index contributed by atoms with van der Waals surface area (Å²) in [7, 11) is 0. The number of hydrogen-bond donors (Lipinski definition) is 1. The van der Waals surface area contributed by atoms with Crippen LogP contribution in [0.4, 0.5) is 0 Å². The summed E-state index contributed by atoms with van der Waals surface area (Å²) in [4.78, 5) is 0. The van der Waals surface area contributed by atoms with Gasteiger partial charge in [0.1, 0.15) is 0 Å². The molecule has 0 aromatic heterocycles. The van der Waals surface area contributed by atoms with E-state index in [2.05, 4.69) is 32.7 Å². The lowest BCUT2D eigenvalue weighted by Crippen LogP contribution is -2.16. The molecule has 29 heavy (non-hydrogen) atoms. The van der Waals surface area contributed by atoms with E-state index in [-0.39, 0.29) is 0 Å². The Bertz CT molecular complexity index is 322. The number of rotatable bonds is 24. The molecule has 174 valence electrons. The zero-order valence-electron chi connectivity index (χ0n) is 20.8. The van der Waals surface area contributed by atoms with Crippen molar-refractivity contribution < 1.29 is 0 Å². The molecule has 1 unspecified atom stereocenters. The van der Waals surface area contributed by atoms with E-state index in [9.17, 15) is 0 Å². The Morgan fingerprint density at radius 3 is 1.62 bits per heavy atom. The Labute approximate surface area is 185 Å². The van der Waals surface area contributed by atoms with Gasteiger partial charge in [-0.05, 0) is 57.5 Å². The van der Waals surface area contributed by atoms with Crippen LogP contribution in [0.15, 0.2) is 12.2 Å². The number of hydrogen-bond acceptors (Lipinski definition) is 1. The molecule has 0 aromatic carbocycles. The molecule has 0 saturated carbocycles. The van der Waals surface area contributed by atoms with Crippen LogP contribution in [0, 0.1) is 5.92 Å². The van der Waals surface area contributed by atoms with E-state index in [0.717, 1.165) is 5.92 Å². The summed E-state index contributed by atoms with van der Waals surface area (Å²) in [5.41, 5.74) is 1.57. The first-order valence-corrected chi connectivity index (χ1v) is 13.6. The molecule has 1 heteroatoms. The zero-order valence-corrected chi connectivity index (χ0v) is 20.8. The van der Waals surface area contributed by atoms with Crippen LogP contribution >= 0.6 is 0 Å². The topological polar surface area (TPSA) is 12.0 Å². The summed E-state index contributed by atoms with van der Waals surface area (Å²) < 4.78 is 0. The van der Waals surface area contributed by atoms with Crippen molar-refractivity contribution in [3.8, 4) is 0 Å². The fourth-order valence-electron chi connectivity index (χ4n) is 4.31. The summed E-state index contributed by atoms with van der Waals surface area (Å²) in [6, 6.07) is 0. The van der Waals surface area contributed by atoms with Crippen LogP contribution in [0.5, 0.6) is 0 Å². The largest absolute Gasteiger partial charge is 0.317 e. The van der Waals surface area contributed by atoms with Gasteiger partial charge in [-0.25, -0.2) is 0 Å². The number of unbranched alkanes of at least 4 members (excludes halogenated alkanes) is 13. The smallest absolute Gasteiger partial charge is 0.00489 e. The Kier molecular flexibility index (Phi) is 23.7. The molecule has 0 amide bonds. The first-order valence-electron chi connectivity index (χ1n) is 13.6. The van der Waals surface area contributed by atoms with Gasteiger partial charge in [-0.2, -0.15) is 0 Å². The van der Waals surface area contributed by atoms with Crippen molar-refractivity contribution in [2.24, 2.45) is 5.92 Å². The molecule has 0 aliphatic carbocycles. The van der Waals surface area contributed by atoms with Crippen LogP contribution in [-0.2, 0) is 0 Å². The van der Waals surface area contributed by atoms with Gasteiger partial charge in [-0.15, -0.1) is 0 Å². The van der Waals surface area contributed by atoms with Crippen LogP contribution < -0.4 is 5.32 Å². The van der Waals surface area contributed by atoms with Gasteiger partial charge in [0.05, 0.1) is 0 Å². The predicted octanol–water partition coefficient (Wildman–Crippen LogP) is 9.61. The third kappa shape index (κ3) is 20.7. The van der Waals surface area contributed by atoms with Crippen LogP contribution in [0.3, 0.4) is 0 Å². The van der Waals surface area contributed by atoms with E-state index in [0.29, 0.717) is 0 Å². The van der Waals surface area contributed by atoms with E-state index in [1.165, 1.54) is 142 Å². The molecule has 0 aliphatic rings. The van der Waals surface area contributed by atoms with Crippen LogP contribution in [0.25, 0.3) is 0 Å². The second-order valence-corrected chi connectivity index (χ2v) is 9.38. The molecule has 0 fully saturated rings. The summed E-state index contributed by atoms with van der Waals surface area (Å²) in [6.45, 7) is 13.8.